The molecule has 11 nitrogen and oxygen atoms in total. The van der Waals surface area contributed by atoms with Crippen molar-refractivity contribution in [2.45, 2.75) is 31.1 Å². The van der Waals surface area contributed by atoms with E-state index in [-0.39, 0.29) is 40.9 Å². The molecule has 0 amide bonds. The molecule has 0 aliphatic carbocycles. The molecule has 2 saturated heterocycles. The zero-order valence-electron chi connectivity index (χ0n) is 16.4. The molecule has 0 radical (unpaired) electrons. The first kappa shape index (κ1) is 22.2. The van der Waals surface area contributed by atoms with Crippen molar-refractivity contribution in [1.82, 2.24) is 19.1 Å². The van der Waals surface area contributed by atoms with Gasteiger partial charge in [0.1, 0.15) is 18.3 Å². The zero-order valence-corrected chi connectivity index (χ0v) is 19.7. The van der Waals surface area contributed by atoms with Gasteiger partial charge in [0.05, 0.1) is 19.1 Å². The Labute approximate surface area is 195 Å². The number of fused-ring (bicyclic) bond motifs is 2. The molecule has 32 heavy (non-hydrogen) atoms. The van der Waals surface area contributed by atoms with Gasteiger partial charge in [0.25, 0.3) is 5.56 Å². The maximum atomic E-state index is 13.2. The van der Waals surface area contributed by atoms with Crippen LogP contribution < -0.4 is 11.3 Å². The molecule has 2 aliphatic heterocycles. The highest BCUT2D eigenvalue weighted by Crippen LogP contribution is 2.57. The van der Waals surface area contributed by atoms with E-state index < -0.39 is 37.7 Å². The number of imidazole rings is 1. The van der Waals surface area contributed by atoms with Crippen molar-refractivity contribution in [2.24, 2.45) is 0 Å². The van der Waals surface area contributed by atoms with Crippen molar-refractivity contribution in [3.8, 4) is 0 Å². The Morgan fingerprint density at radius 2 is 2.09 bits per heavy atom. The lowest BCUT2D eigenvalue weighted by Gasteiger charge is -2.30. The number of aliphatic hydroxyl groups is 2. The number of aliphatic hydroxyl groups excluding tert-OH is 2. The van der Waals surface area contributed by atoms with Crippen LogP contribution in [0.2, 0.25) is 0 Å². The van der Waals surface area contributed by atoms with Gasteiger partial charge in [-0.15, -0.1) is 0 Å². The molecule has 0 spiro atoms. The molecule has 4 N–H and O–H groups in total. The quantitative estimate of drug-likeness (QED) is 0.246. The Morgan fingerprint density at radius 3 is 2.84 bits per heavy atom. The average Bonchev–Trinajstić information content (AvgIpc) is 3.28. The monoisotopic (exact) mass is 543 g/mol. The van der Waals surface area contributed by atoms with Crippen LogP contribution in [0.1, 0.15) is 11.8 Å². The number of hydrogen-bond acceptors (Lipinski definition) is 10. The molecule has 2 aliphatic rings. The van der Waals surface area contributed by atoms with Crippen LogP contribution in [0.15, 0.2) is 39.9 Å². The molecule has 4 heterocycles. The summed E-state index contributed by atoms with van der Waals surface area (Å²) in [6, 6.07) is 9.43. The standard InChI is InChI=1S/C18H19BrN5O6PS/c19-17-21-11-14(22-18(20)23(15(11)27)6-9-4-2-1-3-5-9)24(17)16-12(26)13-10(29-16)7-28-31(30-13)32-8-25/h1-5,10,12-13,16,25-26H,6-8H2,(H2,20,22)/t10?,12?,13-,16-,31?/m1/s1. The van der Waals surface area contributed by atoms with Crippen LogP contribution >= 0.6 is 34.9 Å². The summed E-state index contributed by atoms with van der Waals surface area (Å²) in [6.45, 7) is 0.462. The van der Waals surface area contributed by atoms with Gasteiger partial charge in [-0.05, 0) is 32.9 Å². The lowest BCUT2D eigenvalue weighted by molar-refractivity contribution is -0.0534. The maximum absolute atomic E-state index is 13.2. The number of rotatable bonds is 5. The summed E-state index contributed by atoms with van der Waals surface area (Å²) in [5, 5.41) is 20.0. The summed E-state index contributed by atoms with van der Waals surface area (Å²) in [4.78, 5) is 21.9. The SMILES string of the molecule is Nc1nc2c(nc(Br)n2[C@@H]2OC3COP(SCO)O[C@H]3C2O)c(=O)n1Cc1ccccc1. The fourth-order valence-electron chi connectivity index (χ4n) is 3.77. The summed E-state index contributed by atoms with van der Waals surface area (Å²) in [5.41, 5.74) is 6.93. The topological polar surface area (TPSA) is 147 Å². The highest BCUT2D eigenvalue weighted by Gasteiger charge is 2.50. The molecule has 3 aromatic rings. The highest BCUT2D eigenvalue weighted by molar-refractivity contribution is 9.10. The van der Waals surface area contributed by atoms with E-state index in [0.29, 0.717) is 0 Å². The van der Waals surface area contributed by atoms with Gasteiger partial charge in [0.15, 0.2) is 22.1 Å². The van der Waals surface area contributed by atoms with Crippen molar-refractivity contribution in [3.05, 3.63) is 51.0 Å². The van der Waals surface area contributed by atoms with Crippen molar-refractivity contribution < 1.29 is 24.0 Å². The first-order valence-corrected chi connectivity index (χ1v) is 13.2. The Bertz CT molecular complexity index is 1200. The third kappa shape index (κ3) is 3.86. The fraction of sp³-hybridized carbons (Fsp3) is 0.389. The van der Waals surface area contributed by atoms with Crippen LogP contribution in [-0.4, -0.2) is 60.2 Å². The number of nitrogen functional groups attached to an aromatic ring is 1. The summed E-state index contributed by atoms with van der Waals surface area (Å²) in [6.07, 6.45) is -3.16. The third-order valence-electron chi connectivity index (χ3n) is 5.25. The van der Waals surface area contributed by atoms with E-state index in [1.54, 1.807) is 0 Å². The van der Waals surface area contributed by atoms with Crippen LogP contribution in [0.4, 0.5) is 5.95 Å². The Kier molecular flexibility index (Phi) is 6.25. The van der Waals surface area contributed by atoms with E-state index in [2.05, 4.69) is 25.9 Å². The second-order valence-corrected chi connectivity index (χ2v) is 11.0. The predicted molar refractivity (Wildman–Crippen MR) is 122 cm³/mol. The maximum Gasteiger partial charge on any atom is 0.283 e. The summed E-state index contributed by atoms with van der Waals surface area (Å²) in [7, 11) is -1.39. The smallest absolute Gasteiger partial charge is 0.283 e. The minimum Gasteiger partial charge on any atom is -0.386 e. The number of nitrogens with zero attached hydrogens (tertiary/aromatic N) is 4. The first-order valence-electron chi connectivity index (χ1n) is 9.62. The average molecular weight is 544 g/mol. The molecule has 170 valence electrons. The number of nitrogens with two attached hydrogens (primary N) is 1. The van der Waals surface area contributed by atoms with Crippen molar-refractivity contribution >= 4 is 52.0 Å². The highest BCUT2D eigenvalue weighted by atomic mass is 79.9. The third-order valence-corrected chi connectivity index (χ3v) is 8.46. The lowest BCUT2D eigenvalue weighted by atomic mass is 10.1. The molecule has 14 heteroatoms. The van der Waals surface area contributed by atoms with Gasteiger partial charge in [-0.2, -0.15) is 4.98 Å². The number of anilines is 1. The van der Waals surface area contributed by atoms with E-state index in [4.69, 9.17) is 24.6 Å². The number of hydrogen-bond donors (Lipinski definition) is 3. The summed E-state index contributed by atoms with van der Waals surface area (Å²) in [5.74, 6) is -0.132. The second kappa shape index (κ2) is 8.99. The van der Waals surface area contributed by atoms with Crippen LogP contribution in [0.5, 0.6) is 0 Å². The molecule has 3 unspecified atom stereocenters. The second-order valence-electron chi connectivity index (χ2n) is 7.17. The molecule has 2 fully saturated rings. The zero-order chi connectivity index (χ0) is 22.4. The van der Waals surface area contributed by atoms with Gasteiger partial charge in [-0.3, -0.25) is 13.9 Å². The molecular formula is C18H19BrN5O6PS. The van der Waals surface area contributed by atoms with Crippen LogP contribution in [0.25, 0.3) is 11.2 Å². The van der Waals surface area contributed by atoms with Gasteiger partial charge in [0, 0.05) is 0 Å². The van der Waals surface area contributed by atoms with Gasteiger partial charge in [0.2, 0.25) is 13.5 Å². The van der Waals surface area contributed by atoms with E-state index in [1.165, 1.54) is 9.13 Å². The Morgan fingerprint density at radius 1 is 1.31 bits per heavy atom. The Balaban J connectivity index is 1.50. The molecule has 2 aromatic heterocycles. The van der Waals surface area contributed by atoms with E-state index in [9.17, 15) is 9.90 Å². The van der Waals surface area contributed by atoms with Gasteiger partial charge in [-0.25, -0.2) is 4.98 Å². The molecular weight excluding hydrogens is 525 g/mol. The summed E-state index contributed by atoms with van der Waals surface area (Å²) >= 11 is 4.48. The molecule has 5 rings (SSSR count). The lowest BCUT2D eigenvalue weighted by Crippen LogP contribution is -2.38. The van der Waals surface area contributed by atoms with Crippen molar-refractivity contribution in [1.29, 1.82) is 0 Å². The van der Waals surface area contributed by atoms with Crippen molar-refractivity contribution in [2.75, 3.05) is 18.3 Å². The molecule has 1 aromatic carbocycles. The normalized spacial score (nSPS) is 27.7. The van der Waals surface area contributed by atoms with Crippen LogP contribution in [0.3, 0.4) is 0 Å². The van der Waals surface area contributed by atoms with Gasteiger partial charge in [-0.1, -0.05) is 30.3 Å². The van der Waals surface area contributed by atoms with Crippen molar-refractivity contribution in [3.63, 3.8) is 0 Å². The Hall–Kier alpha value is -1.57. The predicted octanol–water partition coefficient (Wildman–Crippen LogP) is 1.57. The molecule has 0 bridgehead atoms. The minimum absolute atomic E-state index is 0.0207. The van der Waals surface area contributed by atoms with Crippen LogP contribution in [-0.2, 0) is 20.3 Å². The van der Waals surface area contributed by atoms with E-state index in [0.717, 1.165) is 16.9 Å². The molecule has 5 atom stereocenters. The van der Waals surface area contributed by atoms with E-state index >= 15 is 0 Å². The van der Waals surface area contributed by atoms with Gasteiger partial charge >= 0.3 is 0 Å². The first-order chi connectivity index (χ1) is 15.5. The minimum atomic E-state index is -1.39. The van der Waals surface area contributed by atoms with Gasteiger partial charge < -0.3 is 29.7 Å². The number of aromatic nitrogens is 4. The number of halogens is 1. The van der Waals surface area contributed by atoms with E-state index in [1.807, 2.05) is 30.3 Å². The summed E-state index contributed by atoms with van der Waals surface area (Å²) < 4.78 is 20.4. The largest absolute Gasteiger partial charge is 0.386 e. The number of ether oxygens (including phenoxy) is 1. The van der Waals surface area contributed by atoms with Crippen LogP contribution in [0, 0.1) is 0 Å². The number of benzene rings is 1. The molecule has 0 saturated carbocycles. The fourth-order valence-corrected chi connectivity index (χ4v) is 6.50.